The van der Waals surface area contributed by atoms with Gasteiger partial charge in [-0.25, -0.2) is 0 Å². The molecule has 0 N–H and O–H groups in total. The molecular weight excluding hydrogens is 400 g/mol. The summed E-state index contributed by atoms with van der Waals surface area (Å²) >= 11 is 1.86. The van der Waals surface area contributed by atoms with Crippen molar-refractivity contribution in [1.29, 1.82) is 0 Å². The van der Waals surface area contributed by atoms with Gasteiger partial charge in [0.15, 0.2) is 11.5 Å². The molecule has 0 saturated carbocycles. The zero-order valence-corrected chi connectivity index (χ0v) is 18.8. The molecule has 1 aromatic carbocycles. The normalized spacial score (nSPS) is 16.7. The number of rotatable bonds is 8. The van der Waals surface area contributed by atoms with Gasteiger partial charge in [-0.3, -0.25) is 9.69 Å². The van der Waals surface area contributed by atoms with E-state index >= 15 is 0 Å². The Morgan fingerprint density at radius 3 is 2.37 bits per heavy atom. The lowest BCUT2D eigenvalue weighted by Crippen LogP contribution is -2.61. The molecule has 2 aliphatic rings. The van der Waals surface area contributed by atoms with Gasteiger partial charge in [-0.2, -0.15) is 0 Å². The highest BCUT2D eigenvalue weighted by molar-refractivity contribution is 7.10. The maximum atomic E-state index is 13.2. The standard InChI is InChI=1S/C23H30N2O4S/c1-4-27-19-11-17(12-20(28-5-2)22(19)29-6-3)23(26)25-14-18(15-25)24-9-7-21-16(13-24)8-10-30-21/h8,10-12,18H,4-7,9,13-15H2,1-3H3. The van der Waals surface area contributed by atoms with Crippen LogP contribution in [0.3, 0.4) is 0 Å². The van der Waals surface area contributed by atoms with Crippen LogP contribution in [0.4, 0.5) is 0 Å². The SMILES string of the molecule is CCOc1cc(C(=O)N2CC(N3CCc4sccc4C3)C2)cc(OCC)c1OCC. The third kappa shape index (κ3) is 4.14. The number of hydrogen-bond donors (Lipinski definition) is 0. The van der Waals surface area contributed by atoms with Gasteiger partial charge in [0.2, 0.25) is 5.75 Å². The molecule has 1 aromatic heterocycles. The van der Waals surface area contributed by atoms with Crippen LogP contribution in [0, 0.1) is 0 Å². The summed E-state index contributed by atoms with van der Waals surface area (Å²) in [6, 6.07) is 6.23. The van der Waals surface area contributed by atoms with E-state index in [1.54, 1.807) is 12.1 Å². The smallest absolute Gasteiger partial charge is 0.254 e. The molecule has 2 aromatic rings. The van der Waals surface area contributed by atoms with Gasteiger partial charge >= 0.3 is 0 Å². The van der Waals surface area contributed by atoms with Crippen LogP contribution in [0.25, 0.3) is 0 Å². The van der Waals surface area contributed by atoms with Crippen molar-refractivity contribution < 1.29 is 19.0 Å². The molecule has 30 heavy (non-hydrogen) atoms. The molecule has 0 spiro atoms. The van der Waals surface area contributed by atoms with Crippen molar-refractivity contribution in [3.63, 3.8) is 0 Å². The van der Waals surface area contributed by atoms with E-state index in [2.05, 4.69) is 16.3 Å². The molecule has 0 atom stereocenters. The Balaban J connectivity index is 1.46. The quantitative estimate of drug-likeness (QED) is 0.637. The fourth-order valence-electron chi connectivity index (χ4n) is 4.13. The summed E-state index contributed by atoms with van der Waals surface area (Å²) in [5, 5.41) is 2.18. The van der Waals surface area contributed by atoms with Crippen LogP contribution in [0.1, 0.15) is 41.6 Å². The van der Waals surface area contributed by atoms with Crippen molar-refractivity contribution in [2.24, 2.45) is 0 Å². The molecule has 1 fully saturated rings. The molecule has 162 valence electrons. The molecule has 0 aliphatic carbocycles. The number of amides is 1. The Bertz CT molecular complexity index is 864. The van der Waals surface area contributed by atoms with Crippen molar-refractivity contribution in [2.45, 2.75) is 39.8 Å². The van der Waals surface area contributed by atoms with Crippen molar-refractivity contribution >= 4 is 17.2 Å². The first-order valence-electron chi connectivity index (χ1n) is 10.8. The lowest BCUT2D eigenvalue weighted by molar-refractivity contribution is 0.0220. The number of thiophene rings is 1. The number of benzene rings is 1. The van der Waals surface area contributed by atoms with E-state index in [1.165, 1.54) is 10.4 Å². The van der Waals surface area contributed by atoms with E-state index in [0.29, 0.717) is 48.7 Å². The molecule has 6 nitrogen and oxygen atoms in total. The number of nitrogens with zero attached hydrogens (tertiary/aromatic N) is 2. The Morgan fingerprint density at radius 1 is 1.07 bits per heavy atom. The van der Waals surface area contributed by atoms with E-state index in [4.69, 9.17) is 14.2 Å². The number of likely N-dealkylation sites (tertiary alicyclic amines) is 1. The summed E-state index contributed by atoms with van der Waals surface area (Å²) in [6.45, 7) is 10.9. The highest BCUT2D eigenvalue weighted by atomic mass is 32.1. The minimum absolute atomic E-state index is 0.0180. The number of ether oxygens (including phenoxy) is 3. The van der Waals surface area contributed by atoms with Gasteiger partial charge in [0, 0.05) is 42.7 Å². The molecular formula is C23H30N2O4S. The van der Waals surface area contributed by atoms with Gasteiger partial charge in [-0.05, 0) is 56.3 Å². The monoisotopic (exact) mass is 430 g/mol. The molecule has 7 heteroatoms. The van der Waals surface area contributed by atoms with Crippen molar-refractivity contribution in [1.82, 2.24) is 9.80 Å². The van der Waals surface area contributed by atoms with Gasteiger partial charge in [-0.15, -0.1) is 11.3 Å². The van der Waals surface area contributed by atoms with Crippen molar-refractivity contribution in [3.8, 4) is 17.2 Å². The second-order valence-corrected chi connectivity index (χ2v) is 8.55. The van der Waals surface area contributed by atoms with Crippen LogP contribution < -0.4 is 14.2 Å². The summed E-state index contributed by atoms with van der Waals surface area (Å²) in [6.07, 6.45) is 1.12. The Hall–Kier alpha value is -2.25. The first kappa shape index (κ1) is 21.0. The third-order valence-electron chi connectivity index (χ3n) is 5.66. The van der Waals surface area contributed by atoms with Crippen LogP contribution in [0.15, 0.2) is 23.6 Å². The minimum Gasteiger partial charge on any atom is -0.490 e. The van der Waals surface area contributed by atoms with Gasteiger partial charge in [0.25, 0.3) is 5.91 Å². The summed E-state index contributed by atoms with van der Waals surface area (Å²) in [4.78, 5) is 19.1. The Labute approximate surface area is 182 Å². The summed E-state index contributed by atoms with van der Waals surface area (Å²) < 4.78 is 17.3. The molecule has 4 rings (SSSR count). The second kappa shape index (κ2) is 9.27. The highest BCUT2D eigenvalue weighted by Gasteiger charge is 2.37. The van der Waals surface area contributed by atoms with Gasteiger partial charge in [0.05, 0.1) is 19.8 Å². The minimum atomic E-state index is 0.0180. The molecule has 3 heterocycles. The zero-order chi connectivity index (χ0) is 21.1. The van der Waals surface area contributed by atoms with Crippen LogP contribution >= 0.6 is 11.3 Å². The van der Waals surface area contributed by atoms with Crippen LogP contribution in [-0.4, -0.2) is 61.2 Å². The van der Waals surface area contributed by atoms with E-state index in [1.807, 2.05) is 37.0 Å². The second-order valence-electron chi connectivity index (χ2n) is 7.55. The maximum Gasteiger partial charge on any atom is 0.254 e. The van der Waals surface area contributed by atoms with E-state index in [9.17, 15) is 4.79 Å². The number of fused-ring (bicyclic) bond motifs is 1. The van der Waals surface area contributed by atoms with E-state index in [-0.39, 0.29) is 5.91 Å². The Kier molecular flexibility index (Phi) is 6.49. The molecule has 0 unspecified atom stereocenters. The summed E-state index contributed by atoms with van der Waals surface area (Å²) in [7, 11) is 0. The summed E-state index contributed by atoms with van der Waals surface area (Å²) in [5.74, 6) is 1.71. The lowest BCUT2D eigenvalue weighted by atomic mass is 10.0. The fraction of sp³-hybridized carbons (Fsp3) is 0.522. The molecule has 2 aliphatic heterocycles. The van der Waals surface area contributed by atoms with Crippen LogP contribution in [0.5, 0.6) is 17.2 Å². The molecule has 0 radical (unpaired) electrons. The maximum absolute atomic E-state index is 13.2. The van der Waals surface area contributed by atoms with Gasteiger partial charge < -0.3 is 19.1 Å². The molecule has 0 bridgehead atoms. The van der Waals surface area contributed by atoms with Gasteiger partial charge in [0.1, 0.15) is 0 Å². The number of carbonyl (C=O) groups is 1. The summed E-state index contributed by atoms with van der Waals surface area (Å²) in [5.41, 5.74) is 2.04. The highest BCUT2D eigenvalue weighted by Crippen LogP contribution is 2.40. The van der Waals surface area contributed by atoms with E-state index < -0.39 is 0 Å². The number of carbonyl (C=O) groups excluding carboxylic acids is 1. The van der Waals surface area contributed by atoms with E-state index in [0.717, 1.165) is 32.6 Å². The van der Waals surface area contributed by atoms with Gasteiger partial charge in [-0.1, -0.05) is 0 Å². The predicted molar refractivity (Wildman–Crippen MR) is 118 cm³/mol. The fourth-order valence-corrected chi connectivity index (χ4v) is 5.02. The van der Waals surface area contributed by atoms with Crippen molar-refractivity contribution in [2.75, 3.05) is 39.5 Å². The zero-order valence-electron chi connectivity index (χ0n) is 18.0. The van der Waals surface area contributed by atoms with Crippen molar-refractivity contribution in [3.05, 3.63) is 39.6 Å². The number of hydrogen-bond acceptors (Lipinski definition) is 6. The average Bonchev–Trinajstić information content (AvgIpc) is 3.17. The first-order valence-corrected chi connectivity index (χ1v) is 11.7. The van der Waals surface area contributed by atoms with Crippen LogP contribution in [-0.2, 0) is 13.0 Å². The largest absolute Gasteiger partial charge is 0.490 e. The average molecular weight is 431 g/mol. The predicted octanol–water partition coefficient (Wildman–Crippen LogP) is 3.83. The topological polar surface area (TPSA) is 51.2 Å². The molecule has 1 saturated heterocycles. The lowest BCUT2D eigenvalue weighted by Gasteiger charge is -2.46. The Morgan fingerprint density at radius 2 is 1.73 bits per heavy atom. The molecule has 1 amide bonds. The first-order chi connectivity index (χ1) is 14.6. The van der Waals surface area contributed by atoms with Crippen LogP contribution in [0.2, 0.25) is 0 Å². The third-order valence-corrected chi connectivity index (χ3v) is 6.68.